The van der Waals surface area contributed by atoms with Crippen molar-refractivity contribution in [2.24, 2.45) is 0 Å². The highest BCUT2D eigenvalue weighted by atomic mass is 16.7. The van der Waals surface area contributed by atoms with E-state index in [1.165, 1.54) is 109 Å². The lowest BCUT2D eigenvalue weighted by atomic mass is 9.99. The largest absolute Gasteiger partial charge is 0.454 e. The predicted octanol–water partition coefficient (Wildman–Crippen LogP) is 14.7. The fourth-order valence-corrected chi connectivity index (χ4v) is 9.07. The molecule has 0 aromatic carbocycles. The van der Waals surface area contributed by atoms with Crippen LogP contribution in [0.4, 0.5) is 0 Å². The van der Waals surface area contributed by atoms with E-state index in [9.17, 15) is 35.1 Å². The van der Waals surface area contributed by atoms with Gasteiger partial charge in [-0.3, -0.25) is 9.59 Å². The first-order valence-electron chi connectivity index (χ1n) is 31.0. The molecule has 1 fully saturated rings. The van der Waals surface area contributed by atoms with Crippen LogP contribution in [-0.2, 0) is 23.8 Å². The van der Waals surface area contributed by atoms with Crippen molar-refractivity contribution < 1.29 is 49.3 Å². The summed E-state index contributed by atoms with van der Waals surface area (Å²) in [5.74, 6) is -1.29. The minimum atomic E-state index is -1.63. The quantitative estimate of drug-likeness (QED) is 0.0195. The molecule has 8 atom stereocenters. The van der Waals surface area contributed by atoms with Crippen molar-refractivity contribution >= 4 is 11.9 Å². The van der Waals surface area contributed by atoms with Gasteiger partial charge in [-0.05, 0) is 83.5 Å². The number of unbranched alkanes of at least 4 members (excludes halogenated alkanes) is 24. The molecule has 442 valence electrons. The third-order valence-corrected chi connectivity index (χ3v) is 14.0. The van der Waals surface area contributed by atoms with Gasteiger partial charge < -0.3 is 45.1 Å². The van der Waals surface area contributed by atoms with Crippen molar-refractivity contribution in [2.75, 3.05) is 13.2 Å². The van der Waals surface area contributed by atoms with Crippen LogP contribution >= 0.6 is 0 Å². The van der Waals surface area contributed by atoms with E-state index in [0.717, 1.165) is 89.9 Å². The molecular formula is C66H113NO10. The Morgan fingerprint density at radius 2 is 0.935 bits per heavy atom. The Bertz CT molecular complexity index is 1620. The lowest BCUT2D eigenvalue weighted by molar-refractivity contribution is -0.305. The van der Waals surface area contributed by atoms with Gasteiger partial charge in [-0.1, -0.05) is 246 Å². The van der Waals surface area contributed by atoms with Gasteiger partial charge in [0.15, 0.2) is 12.4 Å². The first kappa shape index (κ1) is 71.6. The zero-order valence-electron chi connectivity index (χ0n) is 48.8. The maximum absolute atomic E-state index is 13.4. The number of carbonyl (C=O) groups is 2. The minimum absolute atomic E-state index is 0.0538. The Balaban J connectivity index is 2.76. The van der Waals surface area contributed by atoms with Crippen LogP contribution in [-0.4, -0.2) is 99.6 Å². The van der Waals surface area contributed by atoms with E-state index < -0.39 is 67.4 Å². The van der Waals surface area contributed by atoms with Crippen molar-refractivity contribution in [3.8, 4) is 0 Å². The summed E-state index contributed by atoms with van der Waals surface area (Å²) in [6, 6.07) is -1.07. The highest BCUT2D eigenvalue weighted by Crippen LogP contribution is 2.26. The van der Waals surface area contributed by atoms with E-state index in [4.69, 9.17) is 14.2 Å². The van der Waals surface area contributed by atoms with Crippen LogP contribution in [0.25, 0.3) is 0 Å². The lowest BCUT2D eigenvalue weighted by Crippen LogP contribution is -2.61. The first-order valence-corrected chi connectivity index (χ1v) is 31.0. The summed E-state index contributed by atoms with van der Waals surface area (Å²) in [7, 11) is 0. The highest BCUT2D eigenvalue weighted by molar-refractivity contribution is 5.81. The van der Waals surface area contributed by atoms with Gasteiger partial charge in [0, 0.05) is 12.8 Å². The summed E-state index contributed by atoms with van der Waals surface area (Å²) < 4.78 is 17.6. The number of esters is 1. The minimum Gasteiger partial charge on any atom is -0.454 e. The van der Waals surface area contributed by atoms with Crippen LogP contribution in [0.1, 0.15) is 245 Å². The molecule has 1 aliphatic heterocycles. The van der Waals surface area contributed by atoms with Gasteiger partial charge in [0.1, 0.15) is 24.4 Å². The Morgan fingerprint density at radius 1 is 0.519 bits per heavy atom. The molecule has 0 saturated carbocycles. The number of nitrogens with one attached hydrogen (secondary N) is 1. The Kier molecular flexibility index (Phi) is 49.5. The predicted molar refractivity (Wildman–Crippen MR) is 319 cm³/mol. The summed E-state index contributed by atoms with van der Waals surface area (Å²) in [4.78, 5) is 26.5. The van der Waals surface area contributed by atoms with Crippen LogP contribution in [0.15, 0.2) is 97.2 Å². The van der Waals surface area contributed by atoms with E-state index >= 15 is 0 Å². The summed E-state index contributed by atoms with van der Waals surface area (Å²) in [5.41, 5.74) is 0. The molecule has 6 N–H and O–H groups in total. The molecule has 0 aromatic rings. The third kappa shape index (κ3) is 41.3. The molecule has 1 rings (SSSR count). The smallest absolute Gasteiger partial charge is 0.306 e. The zero-order valence-corrected chi connectivity index (χ0v) is 48.8. The second-order valence-corrected chi connectivity index (χ2v) is 21.1. The van der Waals surface area contributed by atoms with Crippen LogP contribution < -0.4 is 5.32 Å². The first-order chi connectivity index (χ1) is 37.7. The number of ether oxygens (including phenoxy) is 3. The SMILES string of the molecule is CC/C=C\C/C=C\C/C=C\C/C=C\C/C=C\C/C=C\CC(O)C(=O)NC(COC1OC(CO)C(O)C(O)C1OC(=O)CCCCCCCCC/C=C/CCCCCCCC)C(O)/C=C/CCCCCCCCCCCCC. The molecular weight excluding hydrogens is 967 g/mol. The Labute approximate surface area is 469 Å². The normalized spacial score (nSPS) is 19.7. The highest BCUT2D eigenvalue weighted by Gasteiger charge is 2.47. The van der Waals surface area contributed by atoms with Gasteiger partial charge in [0.25, 0.3) is 0 Å². The molecule has 0 aromatic heterocycles. The summed E-state index contributed by atoms with van der Waals surface area (Å²) >= 11 is 0. The number of aliphatic hydroxyl groups is 5. The maximum atomic E-state index is 13.4. The molecule has 1 saturated heterocycles. The molecule has 0 spiro atoms. The summed E-state index contributed by atoms with van der Waals surface area (Å²) in [6.45, 7) is 5.62. The molecule has 0 radical (unpaired) electrons. The van der Waals surface area contributed by atoms with Crippen molar-refractivity contribution in [1.29, 1.82) is 0 Å². The Hall–Kier alpha value is -3.42. The molecule has 0 aliphatic carbocycles. The van der Waals surface area contributed by atoms with E-state index in [-0.39, 0.29) is 19.4 Å². The van der Waals surface area contributed by atoms with Gasteiger partial charge in [-0.25, -0.2) is 0 Å². The lowest BCUT2D eigenvalue weighted by Gasteiger charge is -2.41. The van der Waals surface area contributed by atoms with Crippen LogP contribution in [0.2, 0.25) is 0 Å². The number of hydrogen-bond acceptors (Lipinski definition) is 10. The number of allylic oxidation sites excluding steroid dienone is 14. The van der Waals surface area contributed by atoms with Crippen molar-refractivity contribution in [2.45, 2.75) is 294 Å². The topological polar surface area (TPSA) is 175 Å². The fourth-order valence-electron chi connectivity index (χ4n) is 9.07. The van der Waals surface area contributed by atoms with Gasteiger partial charge in [0.2, 0.25) is 5.91 Å². The number of hydrogen-bond donors (Lipinski definition) is 6. The summed E-state index contributed by atoms with van der Waals surface area (Å²) in [6.07, 6.45) is 60.3. The van der Waals surface area contributed by atoms with E-state index in [1.54, 1.807) is 12.2 Å². The third-order valence-electron chi connectivity index (χ3n) is 14.0. The average Bonchev–Trinajstić information content (AvgIpc) is 3.43. The molecule has 1 aliphatic rings. The number of amides is 1. The molecule has 11 nitrogen and oxygen atoms in total. The number of aliphatic hydroxyl groups excluding tert-OH is 5. The maximum Gasteiger partial charge on any atom is 0.306 e. The van der Waals surface area contributed by atoms with Gasteiger partial charge in [-0.2, -0.15) is 0 Å². The van der Waals surface area contributed by atoms with Crippen molar-refractivity contribution in [3.63, 3.8) is 0 Å². The molecule has 77 heavy (non-hydrogen) atoms. The van der Waals surface area contributed by atoms with E-state index in [0.29, 0.717) is 12.8 Å². The number of carbonyl (C=O) groups excluding carboxylic acids is 2. The second kappa shape index (κ2) is 53.2. The Morgan fingerprint density at radius 3 is 1.39 bits per heavy atom. The van der Waals surface area contributed by atoms with Crippen LogP contribution in [0.3, 0.4) is 0 Å². The monoisotopic (exact) mass is 1080 g/mol. The van der Waals surface area contributed by atoms with Crippen molar-refractivity contribution in [1.82, 2.24) is 5.32 Å². The van der Waals surface area contributed by atoms with Crippen LogP contribution in [0, 0.1) is 0 Å². The van der Waals surface area contributed by atoms with E-state index in [1.807, 2.05) is 18.2 Å². The standard InChI is InChI=1S/C66H113NO10/c1-4-7-10-13-16-19-22-25-27-29-31-32-35-38-41-44-47-50-53-59(70)65(74)67-57(58(69)52-49-46-43-40-37-34-24-21-18-15-12-9-6-3)56-75-66-64(63(73)62(72)60(55-68)76-66)77-61(71)54-51-48-45-42-39-36-33-30-28-26-23-20-17-14-11-8-5-2/h7,10,16,19,25-28,31-32,38,41,47,49-50,52,57-60,62-64,66,68-70,72-73H,4-6,8-9,11-15,17-18,20-24,29-30,33-37,39-40,42-46,48,51,53-56H2,1-3H3,(H,67,74)/b10-7-,19-16-,27-25-,28-26+,32-31-,41-38-,50-47-,52-49+. The second-order valence-electron chi connectivity index (χ2n) is 21.1. The van der Waals surface area contributed by atoms with Gasteiger partial charge in [-0.15, -0.1) is 0 Å². The molecule has 1 amide bonds. The molecule has 8 unspecified atom stereocenters. The number of rotatable bonds is 51. The van der Waals surface area contributed by atoms with Crippen molar-refractivity contribution in [3.05, 3.63) is 97.2 Å². The van der Waals surface area contributed by atoms with E-state index in [2.05, 4.69) is 92.9 Å². The van der Waals surface area contributed by atoms with Gasteiger partial charge in [0.05, 0.1) is 25.4 Å². The zero-order chi connectivity index (χ0) is 56.1. The molecule has 11 heteroatoms. The fraction of sp³-hybridized carbons (Fsp3) is 0.727. The average molecular weight is 1080 g/mol. The summed E-state index contributed by atoms with van der Waals surface area (Å²) in [5, 5.41) is 56.9. The molecule has 1 heterocycles. The van der Waals surface area contributed by atoms with Crippen LogP contribution in [0.5, 0.6) is 0 Å². The molecule has 0 bridgehead atoms. The van der Waals surface area contributed by atoms with Gasteiger partial charge >= 0.3 is 5.97 Å².